The monoisotopic (exact) mass is 250 g/mol. The lowest BCUT2D eigenvalue weighted by atomic mass is 10.1. The summed E-state index contributed by atoms with van der Waals surface area (Å²) in [5, 5.41) is 0. The molecule has 0 fully saturated rings. The van der Waals surface area contributed by atoms with E-state index in [1.54, 1.807) is 19.1 Å². The molecular weight excluding hydrogens is 235 g/mol. The maximum atomic E-state index is 13.7. The summed E-state index contributed by atoms with van der Waals surface area (Å²) < 4.78 is 24.0. The second-order valence-corrected chi connectivity index (χ2v) is 3.89. The van der Waals surface area contributed by atoms with Gasteiger partial charge in [0.1, 0.15) is 11.5 Å². The van der Waals surface area contributed by atoms with E-state index in [0.717, 1.165) is 0 Å². The molecule has 1 aromatic heterocycles. The van der Waals surface area contributed by atoms with Gasteiger partial charge in [-0.1, -0.05) is 0 Å². The van der Waals surface area contributed by atoms with Gasteiger partial charge in [-0.05, 0) is 24.7 Å². The van der Waals surface area contributed by atoms with Crippen molar-refractivity contribution in [3.8, 4) is 17.0 Å². The van der Waals surface area contributed by atoms with Crippen LogP contribution < -0.4 is 10.5 Å². The molecule has 0 aliphatic heterocycles. The van der Waals surface area contributed by atoms with E-state index < -0.39 is 5.82 Å². The maximum absolute atomic E-state index is 13.7. The van der Waals surface area contributed by atoms with Gasteiger partial charge in [0.05, 0.1) is 7.11 Å². The number of methoxy groups -OCH3 is 1. The summed E-state index contributed by atoms with van der Waals surface area (Å²) in [5.74, 6) is 1.01. The first-order chi connectivity index (χ1) is 8.65. The molecule has 0 aliphatic rings. The zero-order valence-electron chi connectivity index (χ0n) is 10.4. The number of aryl methyl sites for hydroxylation is 1. The largest absolute Gasteiger partial charge is 0.494 e. The standard InChI is InChI=1S/C13H15FN2O2/c1-8-16-13(12(18-8)5-6-15)9-3-4-11(17-2)10(14)7-9/h3-4,7H,5-6,15H2,1-2H3. The smallest absolute Gasteiger partial charge is 0.191 e. The zero-order chi connectivity index (χ0) is 13.1. The lowest BCUT2D eigenvalue weighted by molar-refractivity contribution is 0.386. The summed E-state index contributed by atoms with van der Waals surface area (Å²) in [6.07, 6.45) is 0.573. The Morgan fingerprint density at radius 2 is 2.22 bits per heavy atom. The van der Waals surface area contributed by atoms with Crippen LogP contribution in [-0.4, -0.2) is 18.6 Å². The quantitative estimate of drug-likeness (QED) is 0.904. The van der Waals surface area contributed by atoms with Gasteiger partial charge >= 0.3 is 0 Å². The summed E-state index contributed by atoms with van der Waals surface area (Å²) in [5.41, 5.74) is 6.81. The van der Waals surface area contributed by atoms with Crippen molar-refractivity contribution < 1.29 is 13.5 Å². The summed E-state index contributed by atoms with van der Waals surface area (Å²) in [6, 6.07) is 4.70. The molecule has 2 aromatic rings. The van der Waals surface area contributed by atoms with E-state index in [2.05, 4.69) is 4.98 Å². The van der Waals surface area contributed by atoms with Crippen LogP contribution >= 0.6 is 0 Å². The summed E-state index contributed by atoms with van der Waals surface area (Å²) in [6.45, 7) is 2.21. The number of hydrogen-bond donors (Lipinski definition) is 1. The predicted molar refractivity (Wildman–Crippen MR) is 65.9 cm³/mol. The Kier molecular flexibility index (Phi) is 3.62. The molecule has 0 saturated heterocycles. The van der Waals surface area contributed by atoms with Crippen molar-refractivity contribution in [1.82, 2.24) is 4.98 Å². The van der Waals surface area contributed by atoms with E-state index in [9.17, 15) is 4.39 Å². The van der Waals surface area contributed by atoms with Gasteiger partial charge in [0.25, 0.3) is 0 Å². The van der Waals surface area contributed by atoms with Gasteiger partial charge in [0, 0.05) is 18.9 Å². The van der Waals surface area contributed by atoms with Crippen molar-refractivity contribution in [1.29, 1.82) is 0 Å². The SMILES string of the molecule is COc1ccc(-c2nc(C)oc2CCN)cc1F. The number of rotatable bonds is 4. The van der Waals surface area contributed by atoms with Crippen LogP contribution in [0.5, 0.6) is 5.75 Å². The maximum Gasteiger partial charge on any atom is 0.191 e. The van der Waals surface area contributed by atoms with Crippen LogP contribution in [0.3, 0.4) is 0 Å². The van der Waals surface area contributed by atoms with E-state index in [4.69, 9.17) is 14.9 Å². The number of nitrogens with zero attached hydrogens (tertiary/aromatic N) is 1. The van der Waals surface area contributed by atoms with Crippen LogP contribution in [0, 0.1) is 12.7 Å². The van der Waals surface area contributed by atoms with Crippen molar-refractivity contribution in [3.63, 3.8) is 0 Å². The van der Waals surface area contributed by atoms with E-state index in [0.29, 0.717) is 35.9 Å². The third-order valence-electron chi connectivity index (χ3n) is 2.60. The molecule has 2 N–H and O–H groups in total. The Hall–Kier alpha value is -1.88. The fourth-order valence-electron chi connectivity index (χ4n) is 1.81. The molecule has 0 aliphatic carbocycles. The summed E-state index contributed by atoms with van der Waals surface area (Å²) >= 11 is 0. The van der Waals surface area contributed by atoms with Crippen molar-refractivity contribution in [2.45, 2.75) is 13.3 Å². The highest BCUT2D eigenvalue weighted by atomic mass is 19.1. The molecule has 0 unspecified atom stereocenters. The molecule has 0 atom stereocenters. The Bertz CT molecular complexity index is 552. The highest BCUT2D eigenvalue weighted by Crippen LogP contribution is 2.28. The molecule has 0 spiro atoms. The minimum absolute atomic E-state index is 0.208. The van der Waals surface area contributed by atoms with Crippen molar-refractivity contribution in [2.75, 3.05) is 13.7 Å². The van der Waals surface area contributed by atoms with Gasteiger partial charge in [-0.25, -0.2) is 9.37 Å². The first-order valence-corrected chi connectivity index (χ1v) is 5.66. The number of halogens is 1. The number of benzene rings is 1. The zero-order valence-corrected chi connectivity index (χ0v) is 10.4. The third-order valence-corrected chi connectivity index (χ3v) is 2.60. The van der Waals surface area contributed by atoms with Crippen LogP contribution in [0.1, 0.15) is 11.7 Å². The fraction of sp³-hybridized carbons (Fsp3) is 0.308. The molecule has 0 radical (unpaired) electrons. The van der Waals surface area contributed by atoms with Crippen molar-refractivity contribution in [2.24, 2.45) is 5.73 Å². The molecule has 0 bridgehead atoms. The van der Waals surface area contributed by atoms with E-state index in [1.807, 2.05) is 0 Å². The van der Waals surface area contributed by atoms with E-state index >= 15 is 0 Å². The van der Waals surface area contributed by atoms with Gasteiger partial charge in [-0.15, -0.1) is 0 Å². The molecule has 96 valence electrons. The molecule has 1 aromatic carbocycles. The van der Waals surface area contributed by atoms with Gasteiger partial charge < -0.3 is 14.9 Å². The average molecular weight is 250 g/mol. The number of nitrogens with two attached hydrogens (primary N) is 1. The van der Waals surface area contributed by atoms with E-state index in [1.165, 1.54) is 13.2 Å². The van der Waals surface area contributed by atoms with Crippen LogP contribution in [0.2, 0.25) is 0 Å². The molecule has 0 saturated carbocycles. The first kappa shape index (κ1) is 12.6. The highest BCUT2D eigenvalue weighted by Gasteiger charge is 2.14. The fourth-order valence-corrected chi connectivity index (χ4v) is 1.81. The lowest BCUT2D eigenvalue weighted by Gasteiger charge is -2.04. The van der Waals surface area contributed by atoms with Gasteiger partial charge in [0.15, 0.2) is 17.5 Å². The van der Waals surface area contributed by atoms with Crippen LogP contribution in [0.4, 0.5) is 4.39 Å². The second kappa shape index (κ2) is 5.18. The number of aromatic nitrogens is 1. The average Bonchev–Trinajstić information content (AvgIpc) is 2.71. The number of oxazole rings is 1. The van der Waals surface area contributed by atoms with Crippen molar-refractivity contribution >= 4 is 0 Å². The summed E-state index contributed by atoms with van der Waals surface area (Å²) in [4.78, 5) is 4.27. The Morgan fingerprint density at radius 1 is 1.44 bits per heavy atom. The second-order valence-electron chi connectivity index (χ2n) is 3.89. The molecule has 2 rings (SSSR count). The van der Waals surface area contributed by atoms with Crippen LogP contribution in [-0.2, 0) is 6.42 Å². The normalized spacial score (nSPS) is 10.7. The summed E-state index contributed by atoms with van der Waals surface area (Å²) in [7, 11) is 1.43. The topological polar surface area (TPSA) is 61.3 Å². The highest BCUT2D eigenvalue weighted by molar-refractivity contribution is 5.62. The first-order valence-electron chi connectivity index (χ1n) is 5.66. The van der Waals surface area contributed by atoms with E-state index in [-0.39, 0.29) is 5.75 Å². The molecule has 1 heterocycles. The molecular formula is C13H15FN2O2. The van der Waals surface area contributed by atoms with Gasteiger partial charge in [-0.3, -0.25) is 0 Å². The predicted octanol–water partition coefficient (Wildman–Crippen LogP) is 2.30. The van der Waals surface area contributed by atoms with Crippen molar-refractivity contribution in [3.05, 3.63) is 35.7 Å². The Labute approximate surface area is 105 Å². The molecule has 18 heavy (non-hydrogen) atoms. The molecule has 4 nitrogen and oxygen atoms in total. The Balaban J connectivity index is 2.44. The lowest BCUT2D eigenvalue weighted by Crippen LogP contribution is -2.03. The molecule has 5 heteroatoms. The minimum Gasteiger partial charge on any atom is -0.494 e. The van der Waals surface area contributed by atoms with Gasteiger partial charge in [-0.2, -0.15) is 0 Å². The van der Waals surface area contributed by atoms with Gasteiger partial charge in [0.2, 0.25) is 0 Å². The Morgan fingerprint density at radius 3 is 2.83 bits per heavy atom. The molecule has 0 amide bonds. The van der Waals surface area contributed by atoms with Crippen LogP contribution in [0.25, 0.3) is 11.3 Å². The minimum atomic E-state index is -0.422. The van der Waals surface area contributed by atoms with Crippen LogP contribution in [0.15, 0.2) is 22.6 Å². The number of ether oxygens (including phenoxy) is 1. The third kappa shape index (κ3) is 2.36. The number of hydrogen-bond acceptors (Lipinski definition) is 4.